The van der Waals surface area contributed by atoms with Crippen molar-refractivity contribution in [3.63, 3.8) is 0 Å². The minimum atomic E-state index is -0.260. The number of amides is 3. The topological polar surface area (TPSA) is 84.0 Å². The number of hydrogen-bond acceptors (Lipinski definition) is 5. The number of methoxy groups -OCH3 is 2. The van der Waals surface area contributed by atoms with Gasteiger partial charge in [-0.2, -0.15) is 4.98 Å². The first-order valence-electron chi connectivity index (χ1n) is 10.9. The molecule has 1 aliphatic heterocycles. The third-order valence-electron chi connectivity index (χ3n) is 5.79. The van der Waals surface area contributed by atoms with Crippen LogP contribution in [0.15, 0.2) is 36.4 Å². The standard InChI is InChI=1S/C24H32N4O4/c1-16(2)19-8-6-7-9-21(19)28(18-12-14-27(15-13-18)17(3)29)24(30)25-20-10-11-22(31-4)26-23(20)32-5/h6-11,16,18H,12-15H2,1-5H3,(H,25,30). The Balaban J connectivity index is 1.94. The summed E-state index contributed by atoms with van der Waals surface area (Å²) in [5.41, 5.74) is 2.43. The predicted molar refractivity (Wildman–Crippen MR) is 125 cm³/mol. The zero-order valence-electron chi connectivity index (χ0n) is 19.4. The number of rotatable bonds is 6. The summed E-state index contributed by atoms with van der Waals surface area (Å²) in [5, 5.41) is 2.97. The number of likely N-dealkylation sites (tertiary alicyclic amines) is 1. The molecule has 2 heterocycles. The van der Waals surface area contributed by atoms with Gasteiger partial charge in [-0.25, -0.2) is 4.79 Å². The smallest absolute Gasteiger partial charge is 0.326 e. The largest absolute Gasteiger partial charge is 0.481 e. The van der Waals surface area contributed by atoms with Gasteiger partial charge in [0.05, 0.1) is 14.2 Å². The van der Waals surface area contributed by atoms with Gasteiger partial charge in [0.15, 0.2) is 0 Å². The van der Waals surface area contributed by atoms with E-state index < -0.39 is 0 Å². The number of carbonyl (C=O) groups is 2. The van der Waals surface area contributed by atoms with E-state index in [4.69, 9.17) is 9.47 Å². The zero-order valence-corrected chi connectivity index (χ0v) is 19.4. The molecule has 0 radical (unpaired) electrons. The molecule has 1 aromatic carbocycles. The van der Waals surface area contributed by atoms with Crippen LogP contribution in [0.2, 0.25) is 0 Å². The molecule has 1 fully saturated rings. The van der Waals surface area contributed by atoms with Gasteiger partial charge in [0.1, 0.15) is 5.69 Å². The quantitative estimate of drug-likeness (QED) is 0.725. The molecular weight excluding hydrogens is 408 g/mol. The highest BCUT2D eigenvalue weighted by molar-refractivity contribution is 6.03. The average Bonchev–Trinajstić information content (AvgIpc) is 2.80. The van der Waals surface area contributed by atoms with Gasteiger partial charge in [0.25, 0.3) is 0 Å². The number of piperidine rings is 1. The number of aromatic nitrogens is 1. The highest BCUT2D eigenvalue weighted by Crippen LogP contribution is 2.33. The Morgan fingerprint density at radius 3 is 2.38 bits per heavy atom. The van der Waals surface area contributed by atoms with E-state index in [9.17, 15) is 9.59 Å². The van der Waals surface area contributed by atoms with Gasteiger partial charge in [-0.05, 0) is 36.5 Å². The van der Waals surface area contributed by atoms with Crippen molar-refractivity contribution in [2.75, 3.05) is 37.5 Å². The molecule has 0 atom stereocenters. The van der Waals surface area contributed by atoms with Crippen LogP contribution >= 0.6 is 0 Å². The Kier molecular flexibility index (Phi) is 7.56. The third-order valence-corrected chi connectivity index (χ3v) is 5.79. The molecule has 1 aliphatic rings. The first-order chi connectivity index (χ1) is 15.3. The molecule has 2 aromatic rings. The number of urea groups is 1. The van der Waals surface area contributed by atoms with Crippen LogP contribution in [0.1, 0.15) is 45.1 Å². The van der Waals surface area contributed by atoms with Crippen molar-refractivity contribution in [3.05, 3.63) is 42.0 Å². The van der Waals surface area contributed by atoms with Gasteiger partial charge in [-0.3, -0.25) is 9.69 Å². The molecule has 0 aliphatic carbocycles. The minimum absolute atomic E-state index is 0.0392. The maximum Gasteiger partial charge on any atom is 0.326 e. The molecule has 0 saturated carbocycles. The Morgan fingerprint density at radius 2 is 1.78 bits per heavy atom. The third kappa shape index (κ3) is 5.12. The summed E-state index contributed by atoms with van der Waals surface area (Å²) < 4.78 is 10.5. The normalized spacial score (nSPS) is 14.2. The number of nitrogens with one attached hydrogen (secondary N) is 1. The van der Waals surface area contributed by atoms with E-state index in [1.807, 2.05) is 28.0 Å². The number of para-hydroxylation sites is 1. The Bertz CT molecular complexity index is 955. The maximum absolute atomic E-state index is 13.6. The summed E-state index contributed by atoms with van der Waals surface area (Å²) in [4.78, 5) is 33.4. The van der Waals surface area contributed by atoms with Gasteiger partial charge in [0, 0.05) is 37.8 Å². The van der Waals surface area contributed by atoms with Crippen molar-refractivity contribution >= 4 is 23.3 Å². The van der Waals surface area contributed by atoms with Crippen LogP contribution in [0.3, 0.4) is 0 Å². The molecule has 1 saturated heterocycles. The van der Waals surface area contributed by atoms with E-state index >= 15 is 0 Å². The van der Waals surface area contributed by atoms with Crippen molar-refractivity contribution in [1.29, 1.82) is 0 Å². The van der Waals surface area contributed by atoms with Gasteiger partial charge >= 0.3 is 6.03 Å². The zero-order chi connectivity index (χ0) is 23.3. The molecule has 3 rings (SSSR count). The van der Waals surface area contributed by atoms with Gasteiger partial charge < -0.3 is 19.7 Å². The van der Waals surface area contributed by atoms with Crippen molar-refractivity contribution in [1.82, 2.24) is 9.88 Å². The van der Waals surface area contributed by atoms with E-state index in [0.717, 1.165) is 11.3 Å². The second-order valence-electron chi connectivity index (χ2n) is 8.16. The lowest BCUT2D eigenvalue weighted by Gasteiger charge is -2.39. The van der Waals surface area contributed by atoms with Gasteiger partial charge in [-0.1, -0.05) is 32.0 Å². The highest BCUT2D eigenvalue weighted by atomic mass is 16.5. The van der Waals surface area contributed by atoms with Gasteiger partial charge in [0.2, 0.25) is 17.7 Å². The molecular formula is C24H32N4O4. The maximum atomic E-state index is 13.6. The van der Waals surface area contributed by atoms with Crippen LogP contribution in [-0.4, -0.2) is 55.2 Å². The molecule has 1 aromatic heterocycles. The summed E-state index contributed by atoms with van der Waals surface area (Å²) in [7, 11) is 3.03. The van der Waals surface area contributed by atoms with Crippen LogP contribution in [-0.2, 0) is 4.79 Å². The van der Waals surface area contributed by atoms with Crippen LogP contribution < -0.4 is 19.7 Å². The number of carbonyl (C=O) groups excluding carboxylic acids is 2. The Labute approximate surface area is 189 Å². The summed E-state index contributed by atoms with van der Waals surface area (Å²) in [6.45, 7) is 7.07. The minimum Gasteiger partial charge on any atom is -0.481 e. The van der Waals surface area contributed by atoms with E-state index in [1.54, 1.807) is 19.1 Å². The van der Waals surface area contributed by atoms with Gasteiger partial charge in [-0.15, -0.1) is 0 Å². The highest BCUT2D eigenvalue weighted by Gasteiger charge is 2.32. The SMILES string of the molecule is COc1ccc(NC(=O)N(c2ccccc2C(C)C)C2CCN(C(C)=O)CC2)c(OC)n1. The molecule has 0 unspecified atom stereocenters. The molecule has 8 heteroatoms. The first-order valence-corrected chi connectivity index (χ1v) is 10.9. The van der Waals surface area contributed by atoms with E-state index in [2.05, 4.69) is 30.2 Å². The second kappa shape index (κ2) is 10.3. The van der Waals surface area contributed by atoms with Crippen molar-refractivity contribution in [2.24, 2.45) is 0 Å². The summed E-state index contributed by atoms with van der Waals surface area (Å²) in [6.07, 6.45) is 1.41. The Hall–Kier alpha value is -3.29. The Morgan fingerprint density at radius 1 is 1.09 bits per heavy atom. The summed E-state index contributed by atoms with van der Waals surface area (Å²) in [5.74, 6) is 0.992. The fraction of sp³-hybridized carbons (Fsp3) is 0.458. The summed E-state index contributed by atoms with van der Waals surface area (Å²) >= 11 is 0. The number of ether oxygens (including phenoxy) is 2. The van der Waals surface area contributed by atoms with Crippen LogP contribution in [0.25, 0.3) is 0 Å². The fourth-order valence-corrected chi connectivity index (χ4v) is 4.07. The fourth-order valence-electron chi connectivity index (χ4n) is 4.07. The lowest BCUT2D eigenvalue weighted by Crippen LogP contribution is -2.50. The molecule has 0 spiro atoms. The molecule has 3 amide bonds. The summed E-state index contributed by atoms with van der Waals surface area (Å²) in [6, 6.07) is 11.1. The number of nitrogens with zero attached hydrogens (tertiary/aromatic N) is 3. The number of hydrogen-bond donors (Lipinski definition) is 1. The van der Waals surface area contributed by atoms with Crippen molar-refractivity contribution in [2.45, 2.75) is 45.6 Å². The van der Waals surface area contributed by atoms with Crippen molar-refractivity contribution < 1.29 is 19.1 Å². The van der Waals surface area contributed by atoms with Crippen molar-refractivity contribution in [3.8, 4) is 11.8 Å². The number of pyridine rings is 1. The molecule has 32 heavy (non-hydrogen) atoms. The van der Waals surface area contributed by atoms with E-state index in [-0.39, 0.29) is 29.8 Å². The lowest BCUT2D eigenvalue weighted by atomic mass is 9.97. The monoisotopic (exact) mass is 440 g/mol. The van der Waals surface area contributed by atoms with E-state index in [0.29, 0.717) is 37.5 Å². The van der Waals surface area contributed by atoms with Crippen LogP contribution in [0, 0.1) is 0 Å². The van der Waals surface area contributed by atoms with Crippen LogP contribution in [0.5, 0.6) is 11.8 Å². The van der Waals surface area contributed by atoms with Crippen LogP contribution in [0.4, 0.5) is 16.2 Å². The second-order valence-corrected chi connectivity index (χ2v) is 8.16. The lowest BCUT2D eigenvalue weighted by molar-refractivity contribution is -0.129. The molecule has 8 nitrogen and oxygen atoms in total. The predicted octanol–water partition coefficient (Wildman–Crippen LogP) is 4.27. The molecule has 0 bridgehead atoms. The van der Waals surface area contributed by atoms with E-state index in [1.165, 1.54) is 14.2 Å². The first kappa shape index (κ1) is 23.4. The number of benzene rings is 1. The average molecular weight is 441 g/mol. The molecule has 1 N–H and O–H groups in total. The number of anilines is 2. The molecule has 172 valence electrons.